The summed E-state index contributed by atoms with van der Waals surface area (Å²) in [5, 5.41) is 3.57. The molecule has 0 aliphatic rings. The molecule has 0 radical (unpaired) electrons. The number of ether oxygens (including phenoxy) is 2. The van der Waals surface area contributed by atoms with Crippen LogP contribution in [0.15, 0.2) is 42.5 Å². The summed E-state index contributed by atoms with van der Waals surface area (Å²) in [6.07, 6.45) is -1.05. The molecule has 0 saturated heterocycles. The molecule has 132 valence electrons. The number of anilines is 1. The first-order valence-electron chi connectivity index (χ1n) is 7.19. The van der Waals surface area contributed by atoms with Gasteiger partial charge in [-0.15, -0.1) is 0 Å². The maximum atomic E-state index is 12.1. The molecule has 0 unspecified atom stereocenters. The average Bonchev–Trinajstić information content (AvgIpc) is 2.56. The zero-order chi connectivity index (χ0) is 18.4. The lowest BCUT2D eigenvalue weighted by Crippen LogP contribution is -2.31. The molecule has 1 amide bonds. The van der Waals surface area contributed by atoms with Crippen LogP contribution in [0.2, 0.25) is 15.1 Å². The van der Waals surface area contributed by atoms with Crippen LogP contribution in [0.4, 0.5) is 5.69 Å². The van der Waals surface area contributed by atoms with Crippen LogP contribution >= 0.6 is 34.8 Å². The largest absolute Gasteiger partial charge is 0.482 e. The molecule has 1 atom stereocenters. The molecule has 0 heterocycles. The van der Waals surface area contributed by atoms with Crippen molar-refractivity contribution < 1.29 is 19.1 Å². The average molecular weight is 403 g/mol. The van der Waals surface area contributed by atoms with Gasteiger partial charge < -0.3 is 14.8 Å². The number of carbonyl (C=O) groups is 2. The second-order valence-corrected chi connectivity index (χ2v) is 6.21. The van der Waals surface area contributed by atoms with Gasteiger partial charge in [-0.2, -0.15) is 0 Å². The van der Waals surface area contributed by atoms with Crippen LogP contribution in [0.3, 0.4) is 0 Å². The molecule has 0 aliphatic heterocycles. The molecule has 1 N–H and O–H groups in total. The van der Waals surface area contributed by atoms with Crippen molar-refractivity contribution in [2.75, 3.05) is 11.9 Å². The number of hydrogen-bond donors (Lipinski definition) is 1. The van der Waals surface area contributed by atoms with E-state index in [0.717, 1.165) is 0 Å². The van der Waals surface area contributed by atoms with Gasteiger partial charge in [0.1, 0.15) is 5.75 Å². The first-order valence-corrected chi connectivity index (χ1v) is 8.33. The van der Waals surface area contributed by atoms with Gasteiger partial charge in [0.2, 0.25) is 0 Å². The van der Waals surface area contributed by atoms with E-state index in [1.807, 2.05) is 0 Å². The molecule has 0 saturated carbocycles. The third-order valence-electron chi connectivity index (χ3n) is 3.04. The number of amides is 1. The summed E-state index contributed by atoms with van der Waals surface area (Å²) < 4.78 is 10.3. The maximum Gasteiger partial charge on any atom is 0.344 e. The predicted molar refractivity (Wildman–Crippen MR) is 97.6 cm³/mol. The Morgan fingerprint density at radius 2 is 1.72 bits per heavy atom. The second-order valence-electron chi connectivity index (χ2n) is 4.96. The monoisotopic (exact) mass is 401 g/mol. The lowest BCUT2D eigenvalue weighted by Gasteiger charge is -2.15. The standard InChI is InChI=1S/C17H14Cl3NO4/c1-10(17(23)21-16-13(19)6-3-7-14(16)20)25-15(22)9-24-12-5-2-4-11(18)8-12/h2-8,10H,9H2,1H3,(H,21,23)/t10-/m1/s1. The number of nitrogens with one attached hydrogen (secondary N) is 1. The fourth-order valence-corrected chi connectivity index (χ4v) is 2.50. The minimum atomic E-state index is -1.05. The zero-order valence-corrected chi connectivity index (χ0v) is 15.4. The number of benzene rings is 2. The Morgan fingerprint density at radius 3 is 2.36 bits per heavy atom. The van der Waals surface area contributed by atoms with E-state index in [1.165, 1.54) is 6.92 Å². The topological polar surface area (TPSA) is 64.6 Å². The highest BCUT2D eigenvalue weighted by molar-refractivity contribution is 6.39. The highest BCUT2D eigenvalue weighted by Crippen LogP contribution is 2.29. The van der Waals surface area contributed by atoms with Crippen molar-refractivity contribution in [3.63, 3.8) is 0 Å². The van der Waals surface area contributed by atoms with Crippen LogP contribution in [0, 0.1) is 0 Å². The van der Waals surface area contributed by atoms with Gasteiger partial charge in [-0.3, -0.25) is 4.79 Å². The lowest BCUT2D eigenvalue weighted by molar-refractivity contribution is -0.155. The number of para-hydroxylation sites is 1. The predicted octanol–water partition coefficient (Wildman–Crippen LogP) is 4.60. The van der Waals surface area contributed by atoms with Gasteiger partial charge in [0.15, 0.2) is 12.7 Å². The fraction of sp³-hybridized carbons (Fsp3) is 0.176. The summed E-state index contributed by atoms with van der Waals surface area (Å²) >= 11 is 17.8. The van der Waals surface area contributed by atoms with Crippen LogP contribution < -0.4 is 10.1 Å². The Labute approximate surface area is 159 Å². The van der Waals surface area contributed by atoms with E-state index < -0.39 is 18.0 Å². The SMILES string of the molecule is C[C@@H](OC(=O)COc1cccc(Cl)c1)C(=O)Nc1c(Cl)cccc1Cl. The van der Waals surface area contributed by atoms with Crippen LogP contribution in [-0.4, -0.2) is 24.6 Å². The molecule has 0 aliphatic carbocycles. The fourth-order valence-electron chi connectivity index (χ4n) is 1.83. The van der Waals surface area contributed by atoms with Gasteiger partial charge >= 0.3 is 5.97 Å². The molecular formula is C17H14Cl3NO4. The molecule has 2 rings (SSSR count). The first-order chi connectivity index (χ1) is 11.9. The summed E-state index contributed by atoms with van der Waals surface area (Å²) in [7, 11) is 0. The highest BCUT2D eigenvalue weighted by Gasteiger charge is 2.20. The summed E-state index contributed by atoms with van der Waals surface area (Å²) in [6.45, 7) is 1.07. The first kappa shape index (κ1) is 19.4. The van der Waals surface area contributed by atoms with Crippen LogP contribution in [0.25, 0.3) is 0 Å². The minimum Gasteiger partial charge on any atom is -0.482 e. The molecule has 0 fully saturated rings. The van der Waals surface area contributed by atoms with Crippen molar-refractivity contribution >= 4 is 52.4 Å². The number of esters is 1. The van der Waals surface area contributed by atoms with Gasteiger partial charge in [-0.1, -0.05) is 46.9 Å². The Morgan fingerprint density at radius 1 is 1.08 bits per heavy atom. The zero-order valence-electron chi connectivity index (χ0n) is 13.1. The smallest absolute Gasteiger partial charge is 0.344 e. The third-order valence-corrected chi connectivity index (χ3v) is 3.91. The maximum absolute atomic E-state index is 12.1. The van der Waals surface area contributed by atoms with Crippen molar-refractivity contribution in [1.82, 2.24) is 0 Å². The summed E-state index contributed by atoms with van der Waals surface area (Å²) in [4.78, 5) is 23.9. The Bertz CT molecular complexity index is 762. The molecule has 5 nitrogen and oxygen atoms in total. The van der Waals surface area contributed by atoms with E-state index in [9.17, 15) is 9.59 Å². The van der Waals surface area contributed by atoms with Crippen molar-refractivity contribution in [2.24, 2.45) is 0 Å². The van der Waals surface area contributed by atoms with E-state index in [2.05, 4.69) is 5.32 Å². The van der Waals surface area contributed by atoms with Crippen molar-refractivity contribution in [3.05, 3.63) is 57.5 Å². The van der Waals surface area contributed by atoms with Crippen molar-refractivity contribution in [3.8, 4) is 5.75 Å². The summed E-state index contributed by atoms with van der Waals surface area (Å²) in [5.41, 5.74) is 0.258. The number of halogens is 3. The number of rotatable bonds is 6. The summed E-state index contributed by atoms with van der Waals surface area (Å²) in [5.74, 6) is -0.844. The van der Waals surface area contributed by atoms with Gasteiger partial charge in [-0.05, 0) is 37.3 Å². The van der Waals surface area contributed by atoms with Crippen molar-refractivity contribution in [2.45, 2.75) is 13.0 Å². The summed E-state index contributed by atoms with van der Waals surface area (Å²) in [6, 6.07) is 11.4. The van der Waals surface area contributed by atoms with Crippen LogP contribution in [-0.2, 0) is 14.3 Å². The molecule has 2 aromatic rings. The molecule has 0 spiro atoms. The second kappa shape index (κ2) is 8.94. The molecule has 2 aromatic carbocycles. The van der Waals surface area contributed by atoms with E-state index in [4.69, 9.17) is 44.3 Å². The Hall–Kier alpha value is -1.95. The van der Waals surface area contributed by atoms with Gasteiger partial charge in [0.25, 0.3) is 5.91 Å². The molecule has 0 aromatic heterocycles. The van der Waals surface area contributed by atoms with Gasteiger partial charge in [-0.25, -0.2) is 4.79 Å². The van der Waals surface area contributed by atoms with E-state index >= 15 is 0 Å². The Kier molecular flexibility index (Phi) is 6.93. The lowest BCUT2D eigenvalue weighted by atomic mass is 10.3. The van der Waals surface area contributed by atoms with Crippen LogP contribution in [0.5, 0.6) is 5.75 Å². The quantitative estimate of drug-likeness (QED) is 0.717. The molecule has 8 heteroatoms. The molecule has 0 bridgehead atoms. The van der Waals surface area contributed by atoms with Crippen molar-refractivity contribution in [1.29, 1.82) is 0 Å². The van der Waals surface area contributed by atoms with E-state index in [1.54, 1.807) is 42.5 Å². The third kappa shape index (κ3) is 5.81. The number of carbonyl (C=O) groups excluding carboxylic acids is 2. The highest BCUT2D eigenvalue weighted by atomic mass is 35.5. The Balaban J connectivity index is 1.87. The molecular weight excluding hydrogens is 389 g/mol. The number of hydrogen-bond acceptors (Lipinski definition) is 4. The normalized spacial score (nSPS) is 11.5. The van der Waals surface area contributed by atoms with E-state index in [-0.39, 0.29) is 22.3 Å². The van der Waals surface area contributed by atoms with Gasteiger partial charge in [0, 0.05) is 5.02 Å². The molecule has 25 heavy (non-hydrogen) atoms. The van der Waals surface area contributed by atoms with E-state index in [0.29, 0.717) is 10.8 Å². The van der Waals surface area contributed by atoms with Gasteiger partial charge in [0.05, 0.1) is 15.7 Å². The van der Waals surface area contributed by atoms with Crippen LogP contribution in [0.1, 0.15) is 6.92 Å². The minimum absolute atomic E-state index is 0.258.